The van der Waals surface area contributed by atoms with Crippen molar-refractivity contribution in [2.24, 2.45) is 0 Å². The number of anilines is 1. The SMILES string of the molecule is CSc1cccc(NC(=O)N2CCCCC2CC(=O)O)c1. The highest BCUT2D eigenvalue weighted by molar-refractivity contribution is 7.98. The number of carbonyl (C=O) groups excluding carboxylic acids is 1. The Bertz CT molecular complexity index is 521. The lowest BCUT2D eigenvalue weighted by molar-refractivity contribution is -0.138. The number of aliphatic carboxylic acids is 1. The summed E-state index contributed by atoms with van der Waals surface area (Å²) in [6, 6.07) is 7.21. The number of carboxylic acid groups (broad SMARTS) is 1. The second kappa shape index (κ2) is 7.36. The summed E-state index contributed by atoms with van der Waals surface area (Å²) in [5.74, 6) is -0.857. The van der Waals surface area contributed by atoms with Crippen molar-refractivity contribution in [2.45, 2.75) is 36.6 Å². The molecule has 2 rings (SSSR count). The van der Waals surface area contributed by atoms with Gasteiger partial charge in [-0.1, -0.05) is 6.07 Å². The lowest BCUT2D eigenvalue weighted by Crippen LogP contribution is -2.46. The topological polar surface area (TPSA) is 69.6 Å². The number of nitrogens with zero attached hydrogens (tertiary/aromatic N) is 1. The molecule has 1 aromatic carbocycles. The molecular weight excluding hydrogens is 288 g/mol. The van der Waals surface area contributed by atoms with Crippen LogP contribution in [0.4, 0.5) is 10.5 Å². The van der Waals surface area contributed by atoms with Crippen LogP contribution >= 0.6 is 11.8 Å². The molecule has 0 aliphatic carbocycles. The fourth-order valence-electron chi connectivity index (χ4n) is 2.58. The number of thioether (sulfide) groups is 1. The minimum atomic E-state index is -0.857. The summed E-state index contributed by atoms with van der Waals surface area (Å²) in [7, 11) is 0. The van der Waals surface area contributed by atoms with Crippen LogP contribution < -0.4 is 5.32 Å². The van der Waals surface area contributed by atoms with Gasteiger partial charge in [0.05, 0.1) is 6.42 Å². The maximum atomic E-state index is 12.4. The Kier molecular flexibility index (Phi) is 5.50. The molecule has 6 heteroatoms. The van der Waals surface area contributed by atoms with E-state index < -0.39 is 5.97 Å². The molecule has 1 fully saturated rings. The monoisotopic (exact) mass is 308 g/mol. The molecule has 1 atom stereocenters. The number of benzene rings is 1. The second-order valence-electron chi connectivity index (χ2n) is 5.10. The number of rotatable bonds is 4. The zero-order valence-electron chi connectivity index (χ0n) is 12.0. The number of amides is 2. The predicted octanol–water partition coefficient (Wildman–Crippen LogP) is 3.27. The zero-order chi connectivity index (χ0) is 15.2. The molecule has 1 unspecified atom stereocenters. The van der Waals surface area contributed by atoms with Crippen molar-refractivity contribution in [1.29, 1.82) is 0 Å². The molecule has 1 aromatic rings. The Morgan fingerprint density at radius 1 is 1.43 bits per heavy atom. The van der Waals surface area contributed by atoms with Gasteiger partial charge >= 0.3 is 12.0 Å². The van der Waals surface area contributed by atoms with E-state index in [0.29, 0.717) is 6.54 Å². The van der Waals surface area contributed by atoms with Gasteiger partial charge in [0.15, 0.2) is 0 Å². The van der Waals surface area contributed by atoms with Gasteiger partial charge in [-0.25, -0.2) is 4.79 Å². The average Bonchev–Trinajstić information content (AvgIpc) is 2.47. The molecular formula is C15H20N2O3S. The summed E-state index contributed by atoms with van der Waals surface area (Å²) in [6.07, 6.45) is 4.65. The highest BCUT2D eigenvalue weighted by Crippen LogP contribution is 2.23. The van der Waals surface area contributed by atoms with E-state index in [9.17, 15) is 9.59 Å². The average molecular weight is 308 g/mol. The van der Waals surface area contributed by atoms with E-state index in [4.69, 9.17) is 5.11 Å². The summed E-state index contributed by atoms with van der Waals surface area (Å²) >= 11 is 1.61. The van der Waals surface area contributed by atoms with E-state index in [0.717, 1.165) is 29.8 Å². The van der Waals surface area contributed by atoms with Crippen LogP contribution in [0.3, 0.4) is 0 Å². The molecule has 0 aromatic heterocycles. The molecule has 0 radical (unpaired) electrons. The molecule has 0 saturated carbocycles. The number of carboxylic acids is 1. The van der Waals surface area contributed by atoms with Crippen LogP contribution in [0.2, 0.25) is 0 Å². The van der Waals surface area contributed by atoms with Gasteiger partial charge in [0.2, 0.25) is 0 Å². The third kappa shape index (κ3) is 4.39. The standard InChI is InChI=1S/C15H20N2O3S/c1-21-13-7-4-5-11(9-13)16-15(20)17-8-3-2-6-12(17)10-14(18)19/h4-5,7,9,12H,2-3,6,8,10H2,1H3,(H,16,20)(H,18,19). The summed E-state index contributed by atoms with van der Waals surface area (Å²) in [5.41, 5.74) is 0.742. The molecule has 2 amide bonds. The first-order chi connectivity index (χ1) is 10.1. The molecule has 2 N–H and O–H groups in total. The summed E-state index contributed by atoms with van der Waals surface area (Å²) < 4.78 is 0. The van der Waals surface area contributed by atoms with Gasteiger partial charge in [-0.05, 0) is 43.7 Å². The first kappa shape index (κ1) is 15.7. The molecule has 0 spiro atoms. The summed E-state index contributed by atoms with van der Waals surface area (Å²) in [6.45, 7) is 0.617. The Hall–Kier alpha value is -1.69. The first-order valence-corrected chi connectivity index (χ1v) is 8.26. The number of nitrogens with one attached hydrogen (secondary N) is 1. The van der Waals surface area contributed by atoms with E-state index in [1.54, 1.807) is 16.7 Å². The predicted molar refractivity (Wildman–Crippen MR) is 83.8 cm³/mol. The van der Waals surface area contributed by atoms with Crippen LogP contribution in [0.25, 0.3) is 0 Å². The van der Waals surface area contributed by atoms with Crippen molar-refractivity contribution in [3.05, 3.63) is 24.3 Å². The highest BCUT2D eigenvalue weighted by atomic mass is 32.2. The molecule has 1 heterocycles. The van der Waals surface area contributed by atoms with Crippen molar-refractivity contribution in [3.8, 4) is 0 Å². The minimum absolute atomic E-state index is 0.0122. The number of carbonyl (C=O) groups is 2. The summed E-state index contributed by atoms with van der Waals surface area (Å²) in [4.78, 5) is 26.0. The van der Waals surface area contributed by atoms with Crippen molar-refractivity contribution in [3.63, 3.8) is 0 Å². The Labute approximate surface area is 128 Å². The Balaban J connectivity index is 2.04. The van der Waals surface area contributed by atoms with Crippen LogP contribution in [0.5, 0.6) is 0 Å². The van der Waals surface area contributed by atoms with E-state index in [2.05, 4.69) is 5.32 Å². The molecule has 1 aliphatic heterocycles. The van der Waals surface area contributed by atoms with Gasteiger partial charge in [0.25, 0.3) is 0 Å². The molecule has 21 heavy (non-hydrogen) atoms. The summed E-state index contributed by atoms with van der Waals surface area (Å²) in [5, 5.41) is 11.8. The van der Waals surface area contributed by atoms with E-state index in [1.165, 1.54) is 0 Å². The van der Waals surface area contributed by atoms with Gasteiger partial charge < -0.3 is 15.3 Å². The molecule has 1 aliphatic rings. The fourth-order valence-corrected chi connectivity index (χ4v) is 3.04. The fraction of sp³-hybridized carbons (Fsp3) is 0.467. The van der Waals surface area contributed by atoms with Gasteiger partial charge in [-0.15, -0.1) is 11.8 Å². The first-order valence-electron chi connectivity index (χ1n) is 7.03. The van der Waals surface area contributed by atoms with Crippen LogP contribution in [0, 0.1) is 0 Å². The van der Waals surface area contributed by atoms with E-state index >= 15 is 0 Å². The second-order valence-corrected chi connectivity index (χ2v) is 5.98. The third-order valence-electron chi connectivity index (χ3n) is 3.62. The van der Waals surface area contributed by atoms with Crippen LogP contribution in [-0.4, -0.2) is 40.8 Å². The maximum absolute atomic E-state index is 12.4. The number of hydrogen-bond donors (Lipinski definition) is 2. The van der Waals surface area contributed by atoms with Crippen molar-refractivity contribution in [1.82, 2.24) is 4.90 Å². The van der Waals surface area contributed by atoms with Crippen LogP contribution in [0.15, 0.2) is 29.2 Å². The van der Waals surface area contributed by atoms with Crippen molar-refractivity contribution in [2.75, 3.05) is 18.1 Å². The van der Waals surface area contributed by atoms with E-state index in [1.807, 2.05) is 30.5 Å². The van der Waals surface area contributed by atoms with Crippen molar-refractivity contribution >= 4 is 29.4 Å². The van der Waals surface area contributed by atoms with Crippen LogP contribution in [0.1, 0.15) is 25.7 Å². The quantitative estimate of drug-likeness (QED) is 0.838. The largest absolute Gasteiger partial charge is 0.481 e. The molecule has 1 saturated heterocycles. The van der Waals surface area contributed by atoms with Gasteiger partial charge in [0.1, 0.15) is 0 Å². The minimum Gasteiger partial charge on any atom is -0.481 e. The Morgan fingerprint density at radius 3 is 2.95 bits per heavy atom. The lowest BCUT2D eigenvalue weighted by Gasteiger charge is -2.34. The molecule has 5 nitrogen and oxygen atoms in total. The van der Waals surface area contributed by atoms with Gasteiger partial charge in [0, 0.05) is 23.2 Å². The van der Waals surface area contributed by atoms with E-state index in [-0.39, 0.29) is 18.5 Å². The van der Waals surface area contributed by atoms with Crippen LogP contribution in [-0.2, 0) is 4.79 Å². The molecule has 0 bridgehead atoms. The number of likely N-dealkylation sites (tertiary alicyclic amines) is 1. The van der Waals surface area contributed by atoms with Gasteiger partial charge in [-0.2, -0.15) is 0 Å². The third-order valence-corrected chi connectivity index (χ3v) is 4.34. The lowest BCUT2D eigenvalue weighted by atomic mass is 10.00. The maximum Gasteiger partial charge on any atom is 0.322 e. The Morgan fingerprint density at radius 2 is 2.24 bits per heavy atom. The number of urea groups is 1. The van der Waals surface area contributed by atoms with Crippen molar-refractivity contribution < 1.29 is 14.7 Å². The highest BCUT2D eigenvalue weighted by Gasteiger charge is 2.28. The zero-order valence-corrected chi connectivity index (χ0v) is 12.9. The number of hydrogen-bond acceptors (Lipinski definition) is 3. The number of piperidine rings is 1. The van der Waals surface area contributed by atoms with Gasteiger partial charge in [-0.3, -0.25) is 4.79 Å². The molecule has 114 valence electrons. The normalized spacial score (nSPS) is 18.3. The smallest absolute Gasteiger partial charge is 0.322 e.